The highest BCUT2D eigenvalue weighted by Gasteiger charge is 2.75. The summed E-state index contributed by atoms with van der Waals surface area (Å²) < 4.78 is 139. The van der Waals surface area contributed by atoms with Crippen LogP contribution in [0.2, 0.25) is 0 Å². The standard InChI is InChI=1S/C19H19F7O5S/c1-2-16(10-4-3-5-11(8-10)18(22,23)24)30-14-9-6-12(15(14)31-16)13(7-9)17(20,21)19(25,26)32(27,28)29/h3-5,8-9,12-15H,2,6-7H2,1H3,(H,27,28,29). The Morgan fingerprint density at radius 2 is 1.69 bits per heavy atom. The highest BCUT2D eigenvalue weighted by atomic mass is 32.2. The summed E-state index contributed by atoms with van der Waals surface area (Å²) in [6.45, 7) is 1.56. The highest BCUT2D eigenvalue weighted by molar-refractivity contribution is 7.87. The molecule has 2 aliphatic carbocycles. The first-order chi connectivity index (χ1) is 14.5. The average Bonchev–Trinajstić information content (AvgIpc) is 3.37. The van der Waals surface area contributed by atoms with Crippen LogP contribution in [0.15, 0.2) is 24.3 Å². The molecule has 3 fully saturated rings. The molecule has 1 aromatic carbocycles. The Labute approximate surface area is 178 Å². The quantitative estimate of drug-likeness (QED) is 0.471. The van der Waals surface area contributed by atoms with Crippen LogP contribution >= 0.6 is 0 Å². The zero-order valence-corrected chi connectivity index (χ0v) is 17.3. The number of hydrogen-bond acceptors (Lipinski definition) is 4. The van der Waals surface area contributed by atoms with Crippen molar-refractivity contribution in [2.24, 2.45) is 17.8 Å². The van der Waals surface area contributed by atoms with E-state index in [1.54, 1.807) is 6.92 Å². The van der Waals surface area contributed by atoms with Gasteiger partial charge in [0.05, 0.1) is 17.8 Å². The minimum atomic E-state index is -6.39. The monoisotopic (exact) mass is 492 g/mol. The Balaban J connectivity index is 1.65. The second-order valence-corrected chi connectivity index (χ2v) is 9.93. The molecule has 1 N–H and O–H groups in total. The van der Waals surface area contributed by atoms with E-state index in [0.29, 0.717) is 0 Å². The molecule has 5 nitrogen and oxygen atoms in total. The minimum Gasteiger partial charge on any atom is -0.340 e. The summed E-state index contributed by atoms with van der Waals surface area (Å²) in [5.74, 6) is -10.8. The molecule has 0 spiro atoms. The van der Waals surface area contributed by atoms with Crippen molar-refractivity contribution in [2.45, 2.75) is 61.5 Å². The van der Waals surface area contributed by atoms with Gasteiger partial charge in [0.15, 0.2) is 5.79 Å². The second kappa shape index (κ2) is 7.03. The van der Waals surface area contributed by atoms with E-state index in [9.17, 15) is 39.2 Å². The number of halogens is 7. The number of ether oxygens (including phenoxy) is 2. The third-order valence-electron chi connectivity index (χ3n) is 6.78. The van der Waals surface area contributed by atoms with Crippen LogP contribution in [0.1, 0.15) is 37.3 Å². The molecule has 32 heavy (non-hydrogen) atoms. The van der Waals surface area contributed by atoms with Gasteiger partial charge in [-0.1, -0.05) is 19.1 Å². The molecule has 4 rings (SSSR count). The van der Waals surface area contributed by atoms with Gasteiger partial charge >= 0.3 is 27.5 Å². The summed E-state index contributed by atoms with van der Waals surface area (Å²) in [4.78, 5) is 0. The predicted octanol–water partition coefficient (Wildman–Crippen LogP) is 4.82. The van der Waals surface area contributed by atoms with Crippen molar-refractivity contribution in [2.75, 3.05) is 0 Å². The molecule has 0 amide bonds. The van der Waals surface area contributed by atoms with Crippen LogP contribution in [-0.2, 0) is 31.6 Å². The molecule has 13 heteroatoms. The van der Waals surface area contributed by atoms with Crippen molar-refractivity contribution in [1.29, 1.82) is 0 Å². The Morgan fingerprint density at radius 1 is 1.06 bits per heavy atom. The molecule has 3 aliphatic rings. The molecule has 180 valence electrons. The fourth-order valence-corrected chi connectivity index (χ4v) is 5.78. The van der Waals surface area contributed by atoms with Gasteiger partial charge < -0.3 is 9.47 Å². The van der Waals surface area contributed by atoms with E-state index in [0.717, 1.165) is 18.2 Å². The molecule has 6 unspecified atom stereocenters. The van der Waals surface area contributed by atoms with Crippen molar-refractivity contribution in [3.05, 3.63) is 35.4 Å². The van der Waals surface area contributed by atoms with Gasteiger partial charge in [0.2, 0.25) is 0 Å². The molecule has 1 aromatic rings. The number of hydrogen-bond donors (Lipinski definition) is 1. The average molecular weight is 492 g/mol. The topological polar surface area (TPSA) is 72.8 Å². The maximum atomic E-state index is 14.6. The van der Waals surface area contributed by atoms with Crippen molar-refractivity contribution in [1.82, 2.24) is 0 Å². The maximum absolute atomic E-state index is 14.6. The summed E-state index contributed by atoms with van der Waals surface area (Å²) in [7, 11) is -6.39. The van der Waals surface area contributed by atoms with Crippen molar-refractivity contribution in [3.8, 4) is 0 Å². The van der Waals surface area contributed by atoms with Gasteiger partial charge in [-0.3, -0.25) is 4.55 Å². The molecule has 1 saturated heterocycles. The summed E-state index contributed by atoms with van der Waals surface area (Å²) >= 11 is 0. The van der Waals surface area contributed by atoms with E-state index < -0.39 is 75.2 Å². The van der Waals surface area contributed by atoms with Crippen LogP contribution in [0.3, 0.4) is 0 Å². The van der Waals surface area contributed by atoms with Gasteiger partial charge in [-0.05, 0) is 36.8 Å². The van der Waals surface area contributed by atoms with Crippen molar-refractivity contribution in [3.63, 3.8) is 0 Å². The largest absolute Gasteiger partial charge is 0.431 e. The second-order valence-electron chi connectivity index (χ2n) is 8.47. The van der Waals surface area contributed by atoms with E-state index in [1.807, 2.05) is 0 Å². The molecule has 2 saturated carbocycles. The fourth-order valence-electron chi connectivity index (χ4n) is 5.28. The van der Waals surface area contributed by atoms with Crippen molar-refractivity contribution >= 4 is 10.1 Å². The van der Waals surface area contributed by atoms with E-state index >= 15 is 0 Å². The smallest absolute Gasteiger partial charge is 0.340 e. The SMILES string of the molecule is CCC1(c2cccc(C(F)(F)F)c2)OC2C3CC(C2O1)C(C(F)(F)C(F)(F)S(=O)(=O)O)C3. The van der Waals surface area contributed by atoms with E-state index in [-0.39, 0.29) is 18.4 Å². The Bertz CT molecular complexity index is 1010. The lowest BCUT2D eigenvalue weighted by Gasteiger charge is -2.36. The number of rotatable bonds is 5. The first kappa shape index (κ1) is 23.7. The number of benzene rings is 1. The Hall–Kier alpha value is -1.44. The summed E-state index contributed by atoms with van der Waals surface area (Å²) in [6, 6.07) is 4.15. The van der Waals surface area contributed by atoms with Crippen molar-refractivity contribution < 1.29 is 53.2 Å². The first-order valence-corrected chi connectivity index (χ1v) is 11.2. The van der Waals surface area contributed by atoms with Crippen LogP contribution in [-0.4, -0.2) is 36.4 Å². The Kier molecular flexibility index (Phi) is 5.21. The summed E-state index contributed by atoms with van der Waals surface area (Å²) in [5.41, 5.74) is -0.956. The lowest BCUT2D eigenvalue weighted by atomic mass is 9.81. The number of fused-ring (bicyclic) bond motifs is 5. The van der Waals surface area contributed by atoms with E-state index in [2.05, 4.69) is 0 Å². The normalized spacial score (nSPS) is 35.3. The zero-order chi connectivity index (χ0) is 23.9. The molecule has 6 atom stereocenters. The van der Waals surface area contributed by atoms with Gasteiger partial charge in [-0.2, -0.15) is 39.2 Å². The van der Waals surface area contributed by atoms with Crippen LogP contribution in [0.4, 0.5) is 30.7 Å². The van der Waals surface area contributed by atoms with Crippen LogP contribution in [0.5, 0.6) is 0 Å². The maximum Gasteiger partial charge on any atom is 0.431 e. The molecule has 0 aromatic heterocycles. The molecular formula is C19H19F7O5S. The van der Waals surface area contributed by atoms with E-state index in [1.165, 1.54) is 6.07 Å². The number of alkyl halides is 7. The third kappa shape index (κ3) is 3.26. The molecule has 1 aliphatic heterocycles. The summed E-state index contributed by atoms with van der Waals surface area (Å²) in [6.07, 6.45) is -7.09. The zero-order valence-electron chi connectivity index (χ0n) is 16.5. The fraction of sp³-hybridized carbons (Fsp3) is 0.684. The predicted molar refractivity (Wildman–Crippen MR) is 94.3 cm³/mol. The third-order valence-corrected chi connectivity index (χ3v) is 7.70. The molecule has 0 radical (unpaired) electrons. The van der Waals surface area contributed by atoms with Gasteiger partial charge in [0.25, 0.3) is 0 Å². The lowest BCUT2D eigenvalue weighted by molar-refractivity contribution is -0.217. The lowest BCUT2D eigenvalue weighted by Crippen LogP contribution is -2.55. The van der Waals surface area contributed by atoms with Crippen LogP contribution in [0.25, 0.3) is 0 Å². The molecular weight excluding hydrogens is 473 g/mol. The van der Waals surface area contributed by atoms with Gasteiger partial charge in [0.1, 0.15) is 0 Å². The van der Waals surface area contributed by atoms with Gasteiger partial charge in [0, 0.05) is 17.9 Å². The van der Waals surface area contributed by atoms with Gasteiger partial charge in [-0.15, -0.1) is 0 Å². The highest BCUT2D eigenvalue weighted by Crippen LogP contribution is 2.63. The van der Waals surface area contributed by atoms with Crippen LogP contribution in [0, 0.1) is 17.8 Å². The van der Waals surface area contributed by atoms with Gasteiger partial charge in [-0.25, -0.2) is 0 Å². The van der Waals surface area contributed by atoms with Crippen LogP contribution < -0.4 is 0 Å². The molecule has 1 heterocycles. The Morgan fingerprint density at radius 3 is 2.25 bits per heavy atom. The molecule has 2 bridgehead atoms. The van der Waals surface area contributed by atoms with E-state index in [4.69, 9.17) is 14.0 Å². The minimum absolute atomic E-state index is 0.000465. The first-order valence-electron chi connectivity index (χ1n) is 9.81. The summed E-state index contributed by atoms with van der Waals surface area (Å²) in [5, 5.41) is -5.70.